The lowest BCUT2D eigenvalue weighted by atomic mass is 10.1. The Morgan fingerprint density at radius 3 is 2.87 bits per heavy atom. The highest BCUT2D eigenvalue weighted by Gasteiger charge is 2.27. The van der Waals surface area contributed by atoms with Crippen LogP contribution in [0.3, 0.4) is 0 Å². The van der Waals surface area contributed by atoms with Crippen LogP contribution in [0.25, 0.3) is 0 Å². The SMILES string of the molecule is NC(=O)c1ccccc1NC(=O)CN1CCCC1c1ccsc1. The predicted octanol–water partition coefficient (Wildman–Crippen LogP) is 2.62. The number of rotatable bonds is 5. The molecule has 0 spiro atoms. The molecule has 2 heterocycles. The van der Waals surface area contributed by atoms with Gasteiger partial charge in [0, 0.05) is 6.04 Å². The zero-order chi connectivity index (χ0) is 16.2. The molecule has 0 saturated carbocycles. The van der Waals surface area contributed by atoms with E-state index in [1.54, 1.807) is 35.6 Å². The molecule has 2 aromatic rings. The van der Waals surface area contributed by atoms with Gasteiger partial charge in [-0.15, -0.1) is 0 Å². The van der Waals surface area contributed by atoms with Gasteiger partial charge in [0.15, 0.2) is 0 Å². The number of benzene rings is 1. The molecular weight excluding hydrogens is 310 g/mol. The van der Waals surface area contributed by atoms with Crippen molar-refractivity contribution in [3.63, 3.8) is 0 Å². The van der Waals surface area contributed by atoms with Gasteiger partial charge in [-0.05, 0) is 53.9 Å². The van der Waals surface area contributed by atoms with Crippen molar-refractivity contribution < 1.29 is 9.59 Å². The number of carbonyl (C=O) groups is 2. The molecule has 23 heavy (non-hydrogen) atoms. The minimum atomic E-state index is -0.543. The average molecular weight is 329 g/mol. The maximum Gasteiger partial charge on any atom is 0.250 e. The summed E-state index contributed by atoms with van der Waals surface area (Å²) in [5, 5.41) is 7.01. The van der Waals surface area contributed by atoms with E-state index in [2.05, 4.69) is 27.0 Å². The minimum Gasteiger partial charge on any atom is -0.366 e. The Bertz CT molecular complexity index is 700. The highest BCUT2D eigenvalue weighted by atomic mass is 32.1. The molecule has 0 aliphatic carbocycles. The Kier molecular flexibility index (Phi) is 4.73. The molecule has 3 N–H and O–H groups in total. The van der Waals surface area contributed by atoms with E-state index in [0.717, 1.165) is 19.4 Å². The second-order valence-corrected chi connectivity index (χ2v) is 6.42. The lowest BCUT2D eigenvalue weighted by molar-refractivity contribution is -0.117. The van der Waals surface area contributed by atoms with E-state index in [-0.39, 0.29) is 5.91 Å². The summed E-state index contributed by atoms with van der Waals surface area (Å²) in [7, 11) is 0. The zero-order valence-corrected chi connectivity index (χ0v) is 13.5. The molecule has 1 fully saturated rings. The summed E-state index contributed by atoms with van der Waals surface area (Å²) in [5.41, 5.74) is 7.42. The summed E-state index contributed by atoms with van der Waals surface area (Å²) >= 11 is 1.68. The topological polar surface area (TPSA) is 75.4 Å². The van der Waals surface area contributed by atoms with Crippen LogP contribution in [0.4, 0.5) is 5.69 Å². The summed E-state index contributed by atoms with van der Waals surface area (Å²) in [6, 6.07) is 9.22. The van der Waals surface area contributed by atoms with Crippen molar-refractivity contribution in [1.29, 1.82) is 0 Å². The first-order chi connectivity index (χ1) is 11.1. The average Bonchev–Trinajstić information content (AvgIpc) is 3.18. The van der Waals surface area contributed by atoms with Gasteiger partial charge in [0.05, 0.1) is 17.8 Å². The van der Waals surface area contributed by atoms with Gasteiger partial charge in [-0.1, -0.05) is 12.1 Å². The molecule has 5 nitrogen and oxygen atoms in total. The normalized spacial score (nSPS) is 18.0. The number of nitrogens with zero attached hydrogens (tertiary/aromatic N) is 1. The fourth-order valence-electron chi connectivity index (χ4n) is 3.04. The van der Waals surface area contributed by atoms with Crippen molar-refractivity contribution in [2.45, 2.75) is 18.9 Å². The molecular formula is C17H19N3O2S. The van der Waals surface area contributed by atoms with Crippen molar-refractivity contribution in [3.8, 4) is 0 Å². The third-order valence-electron chi connectivity index (χ3n) is 4.10. The fraction of sp³-hybridized carbons (Fsp3) is 0.294. The van der Waals surface area contributed by atoms with Crippen LogP contribution in [0.5, 0.6) is 0 Å². The first-order valence-corrected chi connectivity index (χ1v) is 8.54. The van der Waals surface area contributed by atoms with E-state index in [1.807, 2.05) is 0 Å². The molecule has 6 heteroatoms. The number of nitrogens with two attached hydrogens (primary N) is 1. The smallest absolute Gasteiger partial charge is 0.250 e. The van der Waals surface area contributed by atoms with E-state index in [1.165, 1.54) is 5.56 Å². The van der Waals surface area contributed by atoms with E-state index in [4.69, 9.17) is 5.73 Å². The predicted molar refractivity (Wildman–Crippen MR) is 91.5 cm³/mol. The van der Waals surface area contributed by atoms with Crippen molar-refractivity contribution in [3.05, 3.63) is 52.2 Å². The van der Waals surface area contributed by atoms with Crippen LogP contribution in [-0.4, -0.2) is 29.8 Å². The van der Waals surface area contributed by atoms with Crippen LogP contribution in [-0.2, 0) is 4.79 Å². The molecule has 1 aliphatic heterocycles. The summed E-state index contributed by atoms with van der Waals surface area (Å²) in [6.45, 7) is 1.22. The quantitative estimate of drug-likeness (QED) is 0.885. The summed E-state index contributed by atoms with van der Waals surface area (Å²) < 4.78 is 0. The first kappa shape index (κ1) is 15.7. The lowest BCUT2D eigenvalue weighted by Crippen LogP contribution is -2.33. The van der Waals surface area contributed by atoms with Gasteiger partial charge in [0.1, 0.15) is 0 Å². The van der Waals surface area contributed by atoms with E-state index in [0.29, 0.717) is 23.8 Å². The zero-order valence-electron chi connectivity index (χ0n) is 12.7. The highest BCUT2D eigenvalue weighted by molar-refractivity contribution is 7.07. The lowest BCUT2D eigenvalue weighted by Gasteiger charge is -2.23. The second kappa shape index (κ2) is 6.93. The van der Waals surface area contributed by atoms with Gasteiger partial charge in [0.2, 0.25) is 5.91 Å². The van der Waals surface area contributed by atoms with Crippen molar-refractivity contribution in [1.82, 2.24) is 4.90 Å². The number of nitrogens with one attached hydrogen (secondary N) is 1. The Morgan fingerprint density at radius 2 is 2.13 bits per heavy atom. The minimum absolute atomic E-state index is 0.124. The molecule has 1 atom stereocenters. The number of para-hydroxylation sites is 1. The number of thiophene rings is 1. The van der Waals surface area contributed by atoms with Gasteiger partial charge >= 0.3 is 0 Å². The Hall–Kier alpha value is -2.18. The molecule has 1 aromatic carbocycles. The molecule has 2 amide bonds. The van der Waals surface area contributed by atoms with Gasteiger partial charge in [-0.3, -0.25) is 14.5 Å². The van der Waals surface area contributed by atoms with E-state index < -0.39 is 5.91 Å². The summed E-state index contributed by atoms with van der Waals surface area (Å²) in [4.78, 5) is 26.0. The molecule has 1 aromatic heterocycles. The van der Waals surface area contributed by atoms with Gasteiger partial charge in [-0.25, -0.2) is 0 Å². The van der Waals surface area contributed by atoms with Crippen LogP contribution < -0.4 is 11.1 Å². The van der Waals surface area contributed by atoms with Gasteiger partial charge in [-0.2, -0.15) is 11.3 Å². The number of anilines is 1. The van der Waals surface area contributed by atoms with Crippen LogP contribution in [0.15, 0.2) is 41.1 Å². The van der Waals surface area contributed by atoms with Gasteiger partial charge < -0.3 is 11.1 Å². The van der Waals surface area contributed by atoms with Crippen LogP contribution in [0, 0.1) is 0 Å². The molecule has 1 aliphatic rings. The van der Waals surface area contributed by atoms with Crippen molar-refractivity contribution in [2.75, 3.05) is 18.4 Å². The van der Waals surface area contributed by atoms with Crippen LogP contribution >= 0.6 is 11.3 Å². The van der Waals surface area contributed by atoms with E-state index in [9.17, 15) is 9.59 Å². The monoisotopic (exact) mass is 329 g/mol. The summed E-state index contributed by atoms with van der Waals surface area (Å²) in [5.74, 6) is -0.668. The Balaban J connectivity index is 1.67. The molecule has 0 bridgehead atoms. The number of hydrogen-bond donors (Lipinski definition) is 2. The fourth-order valence-corrected chi connectivity index (χ4v) is 3.75. The third kappa shape index (κ3) is 3.60. The second-order valence-electron chi connectivity index (χ2n) is 5.64. The van der Waals surface area contributed by atoms with Crippen molar-refractivity contribution >= 4 is 28.8 Å². The third-order valence-corrected chi connectivity index (χ3v) is 4.81. The highest BCUT2D eigenvalue weighted by Crippen LogP contribution is 2.32. The number of likely N-dealkylation sites (tertiary alicyclic amines) is 1. The largest absolute Gasteiger partial charge is 0.366 e. The standard InChI is InChI=1S/C17H19N3O2S/c18-17(22)13-4-1-2-5-14(13)19-16(21)10-20-8-3-6-15(20)12-7-9-23-11-12/h1-2,4-5,7,9,11,15H,3,6,8,10H2,(H2,18,22)(H,19,21). The van der Waals surface area contributed by atoms with Gasteiger partial charge in [0.25, 0.3) is 5.91 Å². The maximum atomic E-state index is 12.4. The Labute approximate surface area is 139 Å². The molecule has 120 valence electrons. The Morgan fingerprint density at radius 1 is 1.30 bits per heavy atom. The maximum absolute atomic E-state index is 12.4. The van der Waals surface area contributed by atoms with Crippen molar-refractivity contribution in [2.24, 2.45) is 5.73 Å². The molecule has 0 radical (unpaired) electrons. The summed E-state index contributed by atoms with van der Waals surface area (Å²) in [6.07, 6.45) is 2.16. The van der Waals surface area contributed by atoms with E-state index >= 15 is 0 Å². The number of primary amides is 1. The number of hydrogen-bond acceptors (Lipinski definition) is 4. The number of carbonyl (C=O) groups excluding carboxylic acids is 2. The number of amides is 2. The first-order valence-electron chi connectivity index (χ1n) is 7.60. The van der Waals surface area contributed by atoms with Crippen LogP contribution in [0.1, 0.15) is 34.8 Å². The molecule has 3 rings (SSSR count). The molecule has 1 saturated heterocycles. The molecule has 1 unspecified atom stereocenters. The van der Waals surface area contributed by atoms with Crippen LogP contribution in [0.2, 0.25) is 0 Å².